The van der Waals surface area contributed by atoms with Gasteiger partial charge in [0.05, 0.1) is 13.7 Å². The van der Waals surface area contributed by atoms with Crippen LogP contribution in [0, 0.1) is 13.8 Å². The molecule has 0 atom stereocenters. The standard InChI is InChI=1S/C11H17NO3/c1-7-6-10(14-3)8(2)11(13)9(7)4-5-15-12/h6,13H,4-5,12H2,1-3H3. The Kier molecular flexibility index (Phi) is 3.94. The Morgan fingerprint density at radius 1 is 1.40 bits per heavy atom. The average Bonchev–Trinajstić information content (AvgIpc) is 2.23. The van der Waals surface area contributed by atoms with Crippen molar-refractivity contribution < 1.29 is 14.7 Å². The van der Waals surface area contributed by atoms with Gasteiger partial charge in [-0.05, 0) is 31.0 Å². The van der Waals surface area contributed by atoms with Crippen LogP contribution in [0.2, 0.25) is 0 Å². The van der Waals surface area contributed by atoms with Crippen molar-refractivity contribution in [1.82, 2.24) is 0 Å². The zero-order chi connectivity index (χ0) is 11.4. The van der Waals surface area contributed by atoms with Gasteiger partial charge in [-0.15, -0.1) is 0 Å². The van der Waals surface area contributed by atoms with Crippen molar-refractivity contribution in [3.05, 3.63) is 22.8 Å². The lowest BCUT2D eigenvalue weighted by Gasteiger charge is -2.13. The van der Waals surface area contributed by atoms with Crippen LogP contribution >= 0.6 is 0 Å². The van der Waals surface area contributed by atoms with Gasteiger partial charge >= 0.3 is 0 Å². The molecule has 0 saturated carbocycles. The number of phenols is 1. The van der Waals surface area contributed by atoms with Crippen molar-refractivity contribution in [3.8, 4) is 11.5 Å². The maximum atomic E-state index is 9.94. The molecule has 4 nitrogen and oxygen atoms in total. The summed E-state index contributed by atoms with van der Waals surface area (Å²) in [6, 6.07) is 1.90. The highest BCUT2D eigenvalue weighted by molar-refractivity contribution is 5.52. The lowest BCUT2D eigenvalue weighted by atomic mass is 10.0. The van der Waals surface area contributed by atoms with E-state index in [1.165, 1.54) is 0 Å². The molecule has 0 spiro atoms. The molecule has 3 N–H and O–H groups in total. The summed E-state index contributed by atoms with van der Waals surface area (Å²) in [7, 11) is 1.59. The smallest absolute Gasteiger partial charge is 0.125 e. The summed E-state index contributed by atoms with van der Waals surface area (Å²) in [5, 5.41) is 9.94. The Bertz CT molecular complexity index is 350. The number of hydrogen-bond acceptors (Lipinski definition) is 4. The van der Waals surface area contributed by atoms with E-state index in [0.717, 1.165) is 16.7 Å². The zero-order valence-electron chi connectivity index (χ0n) is 9.33. The van der Waals surface area contributed by atoms with Crippen LogP contribution in [0.1, 0.15) is 16.7 Å². The van der Waals surface area contributed by atoms with E-state index in [1.54, 1.807) is 7.11 Å². The van der Waals surface area contributed by atoms with Crippen LogP contribution in [0.15, 0.2) is 6.07 Å². The first-order valence-corrected chi connectivity index (χ1v) is 4.79. The van der Waals surface area contributed by atoms with E-state index >= 15 is 0 Å². The number of rotatable bonds is 4. The Morgan fingerprint density at radius 2 is 2.07 bits per heavy atom. The van der Waals surface area contributed by atoms with Crippen LogP contribution in [0.4, 0.5) is 0 Å². The molecule has 0 aromatic heterocycles. The molecule has 84 valence electrons. The second-order valence-corrected chi connectivity index (χ2v) is 3.47. The quantitative estimate of drug-likeness (QED) is 0.740. The topological polar surface area (TPSA) is 64.7 Å². The minimum Gasteiger partial charge on any atom is -0.507 e. The predicted molar refractivity (Wildman–Crippen MR) is 58.0 cm³/mol. The highest BCUT2D eigenvalue weighted by Gasteiger charge is 2.12. The largest absolute Gasteiger partial charge is 0.507 e. The normalized spacial score (nSPS) is 10.4. The van der Waals surface area contributed by atoms with Gasteiger partial charge in [-0.1, -0.05) is 0 Å². The highest BCUT2D eigenvalue weighted by Crippen LogP contribution is 2.33. The third-order valence-corrected chi connectivity index (χ3v) is 2.52. The molecule has 0 bridgehead atoms. The van der Waals surface area contributed by atoms with Crippen molar-refractivity contribution >= 4 is 0 Å². The first-order chi connectivity index (χ1) is 7.11. The fraction of sp³-hybridized carbons (Fsp3) is 0.455. The molecule has 1 aromatic rings. The van der Waals surface area contributed by atoms with Crippen molar-refractivity contribution in [2.45, 2.75) is 20.3 Å². The molecule has 0 aliphatic heterocycles. The van der Waals surface area contributed by atoms with E-state index < -0.39 is 0 Å². The van der Waals surface area contributed by atoms with Gasteiger partial charge < -0.3 is 14.7 Å². The Labute approximate surface area is 89.6 Å². The molecule has 0 fully saturated rings. The number of methoxy groups -OCH3 is 1. The molecule has 0 aliphatic carbocycles. The van der Waals surface area contributed by atoms with Gasteiger partial charge in [0.25, 0.3) is 0 Å². The van der Waals surface area contributed by atoms with Crippen LogP contribution < -0.4 is 10.6 Å². The molecular weight excluding hydrogens is 194 g/mol. The SMILES string of the molecule is COc1cc(C)c(CCON)c(O)c1C. The van der Waals surface area contributed by atoms with Crippen LogP contribution in [0.25, 0.3) is 0 Å². The molecule has 0 aliphatic rings. The van der Waals surface area contributed by atoms with Gasteiger partial charge in [0.1, 0.15) is 11.5 Å². The fourth-order valence-corrected chi connectivity index (χ4v) is 1.61. The maximum absolute atomic E-state index is 9.94. The van der Waals surface area contributed by atoms with E-state index in [-0.39, 0.29) is 5.75 Å². The second kappa shape index (κ2) is 5.00. The first kappa shape index (κ1) is 11.8. The summed E-state index contributed by atoms with van der Waals surface area (Å²) in [5.74, 6) is 5.93. The third kappa shape index (κ3) is 2.40. The minimum absolute atomic E-state index is 0.268. The molecular formula is C11H17NO3. The van der Waals surface area contributed by atoms with E-state index in [4.69, 9.17) is 10.6 Å². The van der Waals surface area contributed by atoms with Crippen molar-refractivity contribution in [2.24, 2.45) is 5.90 Å². The van der Waals surface area contributed by atoms with E-state index in [1.807, 2.05) is 19.9 Å². The van der Waals surface area contributed by atoms with Gasteiger partial charge in [0.15, 0.2) is 0 Å². The number of phenolic OH excluding ortho intramolecular Hbond substituents is 1. The minimum atomic E-state index is 0.268. The van der Waals surface area contributed by atoms with Crippen LogP contribution in [0.5, 0.6) is 11.5 Å². The molecule has 1 aromatic carbocycles. The number of hydrogen-bond donors (Lipinski definition) is 2. The highest BCUT2D eigenvalue weighted by atomic mass is 16.6. The predicted octanol–water partition coefficient (Wildman–Crippen LogP) is 1.45. The molecule has 1 rings (SSSR count). The molecule has 0 unspecified atom stereocenters. The van der Waals surface area contributed by atoms with Gasteiger partial charge in [-0.2, -0.15) is 0 Å². The Morgan fingerprint density at radius 3 is 2.60 bits per heavy atom. The fourth-order valence-electron chi connectivity index (χ4n) is 1.61. The van der Waals surface area contributed by atoms with Gasteiger partial charge in [0, 0.05) is 12.0 Å². The van der Waals surface area contributed by atoms with E-state index in [2.05, 4.69) is 4.84 Å². The second-order valence-electron chi connectivity index (χ2n) is 3.47. The van der Waals surface area contributed by atoms with Crippen molar-refractivity contribution in [2.75, 3.05) is 13.7 Å². The number of benzene rings is 1. The molecule has 4 heteroatoms. The zero-order valence-corrected chi connectivity index (χ0v) is 9.33. The first-order valence-electron chi connectivity index (χ1n) is 4.79. The molecule has 0 saturated heterocycles. The maximum Gasteiger partial charge on any atom is 0.125 e. The summed E-state index contributed by atoms with van der Waals surface area (Å²) in [5.41, 5.74) is 2.58. The lowest BCUT2D eigenvalue weighted by Crippen LogP contribution is -2.05. The number of aromatic hydroxyl groups is 1. The number of aryl methyl sites for hydroxylation is 1. The summed E-state index contributed by atoms with van der Waals surface area (Å²) in [6.07, 6.45) is 0.596. The van der Waals surface area contributed by atoms with Crippen LogP contribution in [-0.4, -0.2) is 18.8 Å². The van der Waals surface area contributed by atoms with E-state index in [0.29, 0.717) is 18.8 Å². The third-order valence-electron chi connectivity index (χ3n) is 2.52. The van der Waals surface area contributed by atoms with Gasteiger partial charge in [-0.3, -0.25) is 0 Å². The van der Waals surface area contributed by atoms with Crippen LogP contribution in [-0.2, 0) is 11.3 Å². The van der Waals surface area contributed by atoms with E-state index in [9.17, 15) is 5.11 Å². The van der Waals surface area contributed by atoms with Gasteiger partial charge in [-0.25, -0.2) is 5.90 Å². The Hall–Kier alpha value is -1.26. The number of nitrogens with two attached hydrogens (primary N) is 1. The Balaban J connectivity index is 3.11. The summed E-state index contributed by atoms with van der Waals surface area (Å²) >= 11 is 0. The molecule has 0 heterocycles. The van der Waals surface area contributed by atoms with Gasteiger partial charge in [0.2, 0.25) is 0 Å². The monoisotopic (exact) mass is 211 g/mol. The number of ether oxygens (including phenoxy) is 1. The molecule has 0 radical (unpaired) electrons. The summed E-state index contributed by atoms with van der Waals surface area (Å²) in [4.78, 5) is 4.51. The lowest BCUT2D eigenvalue weighted by molar-refractivity contribution is 0.140. The summed E-state index contributed by atoms with van der Waals surface area (Å²) < 4.78 is 5.15. The molecule has 15 heavy (non-hydrogen) atoms. The van der Waals surface area contributed by atoms with Crippen molar-refractivity contribution in [3.63, 3.8) is 0 Å². The summed E-state index contributed by atoms with van der Waals surface area (Å²) in [6.45, 7) is 4.13. The molecule has 0 amide bonds. The van der Waals surface area contributed by atoms with Crippen molar-refractivity contribution in [1.29, 1.82) is 0 Å². The van der Waals surface area contributed by atoms with Crippen LogP contribution in [0.3, 0.4) is 0 Å². The average molecular weight is 211 g/mol.